The zero-order valence-corrected chi connectivity index (χ0v) is 9.51. The van der Waals surface area contributed by atoms with E-state index in [-0.39, 0.29) is 12.2 Å². The van der Waals surface area contributed by atoms with Crippen LogP contribution in [0.5, 0.6) is 0 Å². The third-order valence-electron chi connectivity index (χ3n) is 1.89. The highest BCUT2D eigenvalue weighted by Crippen LogP contribution is 2.14. The molecule has 0 N–H and O–H groups in total. The first-order valence-electron chi connectivity index (χ1n) is 4.92. The van der Waals surface area contributed by atoms with Gasteiger partial charge in [-0.1, -0.05) is 6.07 Å². The summed E-state index contributed by atoms with van der Waals surface area (Å²) >= 11 is 0. The van der Waals surface area contributed by atoms with E-state index in [4.69, 9.17) is 4.74 Å². The maximum absolute atomic E-state index is 13.2. The van der Waals surface area contributed by atoms with Crippen molar-refractivity contribution < 1.29 is 18.3 Å². The fourth-order valence-corrected chi connectivity index (χ4v) is 1.08. The summed E-state index contributed by atoms with van der Waals surface area (Å²) in [5.74, 6) is -2.71. The van der Waals surface area contributed by atoms with Gasteiger partial charge in [-0.25, -0.2) is 8.78 Å². The third kappa shape index (κ3) is 3.38. The van der Waals surface area contributed by atoms with Crippen molar-refractivity contribution in [2.75, 3.05) is 6.61 Å². The molecule has 1 rings (SSSR count). The van der Waals surface area contributed by atoms with E-state index < -0.39 is 23.0 Å². The second-order valence-electron chi connectivity index (χ2n) is 4.43. The molecule has 0 radical (unpaired) electrons. The Morgan fingerprint density at radius 2 is 1.94 bits per heavy atom. The monoisotopic (exact) mass is 228 g/mol. The van der Waals surface area contributed by atoms with Crippen LogP contribution >= 0.6 is 0 Å². The molecule has 0 atom stereocenters. The third-order valence-corrected chi connectivity index (χ3v) is 1.89. The summed E-state index contributed by atoms with van der Waals surface area (Å²) in [6.45, 7) is 5.08. The Kier molecular flexibility index (Phi) is 3.75. The van der Waals surface area contributed by atoms with Crippen LogP contribution in [0.4, 0.5) is 8.78 Å². The highest BCUT2D eigenvalue weighted by Gasteiger charge is 2.18. The van der Waals surface area contributed by atoms with E-state index in [1.807, 2.05) is 0 Å². The quantitative estimate of drug-likeness (QED) is 0.743. The summed E-state index contributed by atoms with van der Waals surface area (Å²) in [5.41, 5.74) is -0.760. The van der Waals surface area contributed by atoms with Crippen LogP contribution in [0.1, 0.15) is 31.1 Å². The molecular weight excluding hydrogens is 214 g/mol. The predicted octanol–water partition coefficient (Wildman–Crippen LogP) is 2.96. The number of ether oxygens (including phenoxy) is 1. The minimum atomic E-state index is -1.12. The van der Waals surface area contributed by atoms with Crippen LogP contribution in [0.25, 0.3) is 0 Å². The number of Topliss-reactive ketones (excluding diaryl/α,β-unsaturated/α-hetero) is 1. The predicted molar refractivity (Wildman–Crippen MR) is 56.4 cm³/mol. The summed E-state index contributed by atoms with van der Waals surface area (Å²) in [6, 6.07) is 3.51. The van der Waals surface area contributed by atoms with E-state index >= 15 is 0 Å². The first-order chi connectivity index (χ1) is 7.31. The minimum Gasteiger partial charge on any atom is -0.368 e. The number of rotatable bonds is 3. The molecule has 0 heterocycles. The number of carbonyl (C=O) groups is 1. The average Bonchev–Trinajstić information content (AvgIpc) is 2.17. The van der Waals surface area contributed by atoms with Crippen molar-refractivity contribution in [3.05, 3.63) is 35.4 Å². The summed E-state index contributed by atoms with van der Waals surface area (Å²) in [6.07, 6.45) is 0. The lowest BCUT2D eigenvalue weighted by atomic mass is 10.1. The summed E-state index contributed by atoms with van der Waals surface area (Å²) in [4.78, 5) is 11.5. The number of ketones is 1. The molecule has 0 unspecified atom stereocenters. The largest absolute Gasteiger partial charge is 0.368 e. The second kappa shape index (κ2) is 4.70. The Morgan fingerprint density at radius 1 is 1.31 bits per heavy atom. The standard InChI is InChI=1S/C12H14F2O2/c1-12(2,3)16-7-10(15)8-5-4-6-9(13)11(8)14/h4-6H,7H2,1-3H3. The maximum Gasteiger partial charge on any atom is 0.191 e. The van der Waals surface area contributed by atoms with E-state index in [2.05, 4.69) is 0 Å². The summed E-state index contributed by atoms with van der Waals surface area (Å²) < 4.78 is 31.3. The Balaban J connectivity index is 2.78. The lowest BCUT2D eigenvalue weighted by molar-refractivity contribution is 0.00287. The van der Waals surface area contributed by atoms with Gasteiger partial charge in [0.1, 0.15) is 6.61 Å². The van der Waals surface area contributed by atoms with Crippen LogP contribution in [0.15, 0.2) is 18.2 Å². The number of halogens is 2. The van der Waals surface area contributed by atoms with Crippen molar-refractivity contribution in [3.63, 3.8) is 0 Å². The van der Waals surface area contributed by atoms with Gasteiger partial charge in [0, 0.05) is 0 Å². The van der Waals surface area contributed by atoms with Crippen LogP contribution in [0.2, 0.25) is 0 Å². The van der Waals surface area contributed by atoms with Gasteiger partial charge >= 0.3 is 0 Å². The van der Waals surface area contributed by atoms with Gasteiger partial charge in [0.2, 0.25) is 0 Å². The number of benzene rings is 1. The highest BCUT2D eigenvalue weighted by molar-refractivity contribution is 5.97. The van der Waals surface area contributed by atoms with Gasteiger partial charge in [-0.2, -0.15) is 0 Å². The van der Waals surface area contributed by atoms with Crippen molar-refractivity contribution in [2.24, 2.45) is 0 Å². The molecule has 1 aromatic carbocycles. The molecule has 88 valence electrons. The van der Waals surface area contributed by atoms with Gasteiger partial charge in [-0.05, 0) is 32.9 Å². The van der Waals surface area contributed by atoms with Crippen molar-refractivity contribution >= 4 is 5.78 Å². The van der Waals surface area contributed by atoms with Crippen LogP contribution in [0, 0.1) is 11.6 Å². The van der Waals surface area contributed by atoms with Crippen molar-refractivity contribution in [2.45, 2.75) is 26.4 Å². The molecule has 0 bridgehead atoms. The van der Waals surface area contributed by atoms with Gasteiger partial charge < -0.3 is 4.74 Å². The lowest BCUT2D eigenvalue weighted by Gasteiger charge is -2.18. The van der Waals surface area contributed by atoms with Crippen molar-refractivity contribution in [3.8, 4) is 0 Å². The van der Waals surface area contributed by atoms with Crippen LogP contribution < -0.4 is 0 Å². The Hall–Kier alpha value is -1.29. The number of hydrogen-bond acceptors (Lipinski definition) is 2. The topological polar surface area (TPSA) is 26.3 Å². The van der Waals surface area contributed by atoms with Gasteiger partial charge in [-0.15, -0.1) is 0 Å². The molecule has 0 aliphatic carbocycles. The lowest BCUT2D eigenvalue weighted by Crippen LogP contribution is -2.24. The molecule has 0 spiro atoms. The first-order valence-corrected chi connectivity index (χ1v) is 4.92. The summed E-state index contributed by atoms with van der Waals surface area (Å²) in [7, 11) is 0. The Bertz CT molecular complexity index is 394. The van der Waals surface area contributed by atoms with E-state index in [1.165, 1.54) is 12.1 Å². The molecule has 2 nitrogen and oxygen atoms in total. The van der Waals surface area contributed by atoms with Gasteiger partial charge in [0.05, 0.1) is 11.2 Å². The normalized spacial score (nSPS) is 11.6. The van der Waals surface area contributed by atoms with Gasteiger partial charge in [-0.3, -0.25) is 4.79 Å². The van der Waals surface area contributed by atoms with E-state index in [0.717, 1.165) is 6.07 Å². The fraction of sp³-hybridized carbons (Fsp3) is 0.417. The molecule has 0 saturated carbocycles. The van der Waals surface area contributed by atoms with Crippen LogP contribution in [-0.4, -0.2) is 18.0 Å². The minimum absolute atomic E-state index is 0.260. The molecule has 0 amide bonds. The summed E-state index contributed by atoms with van der Waals surface area (Å²) in [5, 5.41) is 0. The molecule has 4 heteroatoms. The van der Waals surface area contributed by atoms with Crippen molar-refractivity contribution in [1.29, 1.82) is 0 Å². The van der Waals surface area contributed by atoms with Gasteiger partial charge in [0.15, 0.2) is 17.4 Å². The molecule has 0 aliphatic heterocycles. The molecular formula is C12H14F2O2. The molecule has 0 aliphatic rings. The first kappa shape index (κ1) is 12.8. The fourth-order valence-electron chi connectivity index (χ4n) is 1.08. The number of carbonyl (C=O) groups excluding carboxylic acids is 1. The van der Waals surface area contributed by atoms with Crippen LogP contribution in [0.3, 0.4) is 0 Å². The zero-order valence-electron chi connectivity index (χ0n) is 9.51. The molecule has 0 fully saturated rings. The van der Waals surface area contributed by atoms with E-state index in [1.54, 1.807) is 20.8 Å². The molecule has 1 aromatic rings. The number of hydrogen-bond donors (Lipinski definition) is 0. The maximum atomic E-state index is 13.2. The van der Waals surface area contributed by atoms with Gasteiger partial charge in [0.25, 0.3) is 0 Å². The SMILES string of the molecule is CC(C)(C)OCC(=O)c1cccc(F)c1F. The molecule has 0 aromatic heterocycles. The Labute approximate surface area is 93.2 Å². The Morgan fingerprint density at radius 3 is 2.50 bits per heavy atom. The van der Waals surface area contributed by atoms with Crippen LogP contribution in [-0.2, 0) is 4.74 Å². The molecule has 0 saturated heterocycles. The highest BCUT2D eigenvalue weighted by atomic mass is 19.2. The average molecular weight is 228 g/mol. The van der Waals surface area contributed by atoms with E-state index in [9.17, 15) is 13.6 Å². The smallest absolute Gasteiger partial charge is 0.191 e. The molecule has 16 heavy (non-hydrogen) atoms. The van der Waals surface area contributed by atoms with Crippen molar-refractivity contribution in [1.82, 2.24) is 0 Å². The zero-order chi connectivity index (χ0) is 12.3. The van der Waals surface area contributed by atoms with E-state index in [0.29, 0.717) is 0 Å². The second-order valence-corrected chi connectivity index (χ2v) is 4.43.